The van der Waals surface area contributed by atoms with Gasteiger partial charge in [0.15, 0.2) is 17.7 Å². The number of fused-ring (bicyclic) bond motifs is 1. The highest BCUT2D eigenvalue weighted by Crippen LogP contribution is 2.40. The summed E-state index contributed by atoms with van der Waals surface area (Å²) >= 11 is 0. The fourth-order valence-corrected chi connectivity index (χ4v) is 7.52. The number of aryl methyl sites for hydroxylation is 2. The number of anilines is 1. The zero-order valence-electron chi connectivity index (χ0n) is 26.7. The summed E-state index contributed by atoms with van der Waals surface area (Å²) in [4.78, 5) is 23.8. The lowest BCUT2D eigenvalue weighted by Gasteiger charge is -2.36. The van der Waals surface area contributed by atoms with Crippen molar-refractivity contribution in [3.8, 4) is 11.5 Å². The van der Waals surface area contributed by atoms with E-state index in [9.17, 15) is 13.2 Å². The first-order valence-electron chi connectivity index (χ1n) is 15.2. The van der Waals surface area contributed by atoms with Crippen LogP contribution in [0.2, 0.25) is 0 Å². The van der Waals surface area contributed by atoms with Crippen molar-refractivity contribution in [2.75, 3.05) is 65.4 Å². The van der Waals surface area contributed by atoms with Gasteiger partial charge in [0, 0.05) is 70.1 Å². The van der Waals surface area contributed by atoms with Crippen LogP contribution in [0.4, 0.5) is 5.69 Å². The Kier molecular flexibility index (Phi) is 9.52. The van der Waals surface area contributed by atoms with Gasteiger partial charge >= 0.3 is 0 Å². The highest BCUT2D eigenvalue weighted by Gasteiger charge is 2.37. The van der Waals surface area contributed by atoms with Gasteiger partial charge < -0.3 is 24.2 Å². The van der Waals surface area contributed by atoms with Crippen LogP contribution >= 0.6 is 0 Å². The van der Waals surface area contributed by atoms with Gasteiger partial charge in [0.05, 0.1) is 27.3 Å². The van der Waals surface area contributed by atoms with Crippen LogP contribution in [0.5, 0.6) is 11.5 Å². The van der Waals surface area contributed by atoms with Gasteiger partial charge in [0.25, 0.3) is 26.8 Å². The number of nitrogens with zero attached hydrogens (tertiary/aromatic N) is 5. The Labute approximate surface area is 261 Å². The number of piperazine rings is 1. The van der Waals surface area contributed by atoms with Crippen LogP contribution in [0.15, 0.2) is 47.6 Å². The Balaban J connectivity index is 1.40. The summed E-state index contributed by atoms with van der Waals surface area (Å²) in [6.07, 6.45) is 2.71. The molecule has 0 radical (unpaired) electrons. The number of hydrogen-bond donors (Lipinski definition) is 1. The smallest absolute Gasteiger partial charge is 0.283 e. The number of imidazole rings is 1. The third kappa shape index (κ3) is 6.15. The topological polar surface area (TPSA) is 102 Å². The van der Waals surface area contributed by atoms with Gasteiger partial charge in [-0.25, -0.2) is 18.0 Å². The number of benzene rings is 2. The minimum absolute atomic E-state index is 0.0100. The molecule has 0 spiro atoms. The lowest BCUT2D eigenvalue weighted by molar-refractivity contribution is -0.677. The molecule has 5 rings (SSSR count). The molecule has 1 fully saturated rings. The van der Waals surface area contributed by atoms with Crippen molar-refractivity contribution in [2.45, 2.75) is 44.3 Å². The van der Waals surface area contributed by atoms with E-state index in [0.717, 1.165) is 60.9 Å². The van der Waals surface area contributed by atoms with Crippen LogP contribution < -0.4 is 18.9 Å². The first-order chi connectivity index (χ1) is 21.1. The van der Waals surface area contributed by atoms with Crippen LogP contribution in [-0.4, -0.2) is 93.9 Å². The first kappa shape index (κ1) is 31.8. The van der Waals surface area contributed by atoms with Gasteiger partial charge in [-0.2, -0.15) is 4.31 Å². The summed E-state index contributed by atoms with van der Waals surface area (Å²) in [6, 6.07) is 11.5. The summed E-state index contributed by atoms with van der Waals surface area (Å²) in [5.41, 5.74) is 3.84. The van der Waals surface area contributed by atoms with E-state index in [2.05, 4.69) is 27.8 Å². The van der Waals surface area contributed by atoms with Crippen LogP contribution in [0.25, 0.3) is 0 Å². The fourth-order valence-electron chi connectivity index (χ4n) is 6.25. The van der Waals surface area contributed by atoms with Crippen LogP contribution in [0.3, 0.4) is 0 Å². The summed E-state index contributed by atoms with van der Waals surface area (Å²) in [5, 5.41) is 0.161. The highest BCUT2D eigenvalue weighted by molar-refractivity contribution is 7.89. The molecule has 1 atom stereocenters. The van der Waals surface area contributed by atoms with E-state index < -0.39 is 10.0 Å². The Morgan fingerprint density at radius 1 is 1.07 bits per heavy atom. The summed E-state index contributed by atoms with van der Waals surface area (Å²) in [7, 11) is 2.91. The molecule has 11 nitrogen and oxygen atoms in total. The normalized spacial score (nSPS) is 16.5. The molecular formula is C32H45N6O5S+. The first-order valence-corrected chi connectivity index (χ1v) is 16.7. The van der Waals surface area contributed by atoms with Crippen molar-refractivity contribution in [1.29, 1.82) is 0 Å². The molecule has 1 aromatic heterocycles. The highest BCUT2D eigenvalue weighted by atomic mass is 32.2. The number of H-pyrrole nitrogens is 1. The summed E-state index contributed by atoms with van der Waals surface area (Å²) < 4.78 is 40.7. The standard InChI is InChI=1S/C32H44N6O5S/c1-7-36-16-18-37(19-17-36)28-11-8-10-25-26(28)21-38(32(25)39)27(24-13-14-29(42-5)30(20-24)43-6)12-9-15-35(4)44(40,41)31-22-34(3)23(2)33-31/h8,10-11,13-14,20,22,27H,7,9,12,15-19,21H2,1-6H3/p+1/t27-/m1/s1. The lowest BCUT2D eigenvalue weighted by Crippen LogP contribution is -2.46. The second-order valence-corrected chi connectivity index (χ2v) is 13.6. The summed E-state index contributed by atoms with van der Waals surface area (Å²) in [6.45, 7) is 9.71. The average Bonchev–Trinajstić information content (AvgIpc) is 3.56. The minimum Gasteiger partial charge on any atom is -0.493 e. The molecule has 238 valence electrons. The van der Waals surface area contributed by atoms with Crippen LogP contribution in [0.1, 0.15) is 53.1 Å². The zero-order chi connectivity index (χ0) is 31.6. The van der Waals surface area contributed by atoms with Crippen molar-refractivity contribution < 1.29 is 27.3 Å². The molecule has 1 saturated heterocycles. The number of likely N-dealkylation sites (N-methyl/N-ethyl adjacent to an activating group) is 1. The number of aromatic amines is 1. The predicted molar refractivity (Wildman–Crippen MR) is 169 cm³/mol. The monoisotopic (exact) mass is 625 g/mol. The molecule has 0 aliphatic carbocycles. The number of hydrogen-bond acceptors (Lipinski definition) is 7. The maximum absolute atomic E-state index is 14.0. The number of aromatic nitrogens is 2. The molecule has 0 bridgehead atoms. The molecule has 44 heavy (non-hydrogen) atoms. The number of carbonyl (C=O) groups excluding carboxylic acids is 1. The van der Waals surface area contributed by atoms with E-state index in [-0.39, 0.29) is 17.0 Å². The average molecular weight is 626 g/mol. The van der Waals surface area contributed by atoms with E-state index in [1.807, 2.05) is 42.2 Å². The molecule has 1 amide bonds. The van der Waals surface area contributed by atoms with Gasteiger partial charge in [0.2, 0.25) is 0 Å². The maximum Gasteiger partial charge on any atom is 0.283 e. The number of ether oxygens (including phenoxy) is 2. The van der Waals surface area contributed by atoms with E-state index >= 15 is 0 Å². The number of sulfonamides is 1. The molecule has 1 N–H and O–H groups in total. The molecule has 3 heterocycles. The quantitative estimate of drug-likeness (QED) is 0.309. The van der Waals surface area contributed by atoms with E-state index in [1.54, 1.807) is 39.1 Å². The zero-order valence-corrected chi connectivity index (χ0v) is 27.5. The van der Waals surface area contributed by atoms with Crippen molar-refractivity contribution in [1.82, 2.24) is 19.1 Å². The third-order valence-electron chi connectivity index (χ3n) is 9.08. The number of nitrogens with one attached hydrogen (secondary N) is 1. The maximum atomic E-state index is 14.0. The number of carbonyl (C=O) groups is 1. The second kappa shape index (κ2) is 13.2. The molecule has 3 aromatic rings. The number of amides is 1. The molecular weight excluding hydrogens is 580 g/mol. The van der Waals surface area contributed by atoms with Gasteiger partial charge in [-0.15, -0.1) is 0 Å². The molecule has 0 unspecified atom stereocenters. The minimum atomic E-state index is -3.69. The fraction of sp³-hybridized carbons (Fsp3) is 0.500. The van der Waals surface area contributed by atoms with E-state index in [0.29, 0.717) is 37.4 Å². The van der Waals surface area contributed by atoms with Crippen molar-refractivity contribution in [3.05, 3.63) is 65.1 Å². The SMILES string of the molecule is CCN1CCN(c2cccc3c2CN([C@H](CCCN(C)S(=O)(=O)c2c[n+](C)c(C)[nH]2)c2ccc(OC)c(OC)c2)C3=O)CC1. The second-order valence-electron chi connectivity index (χ2n) is 11.6. The van der Waals surface area contributed by atoms with Gasteiger partial charge in [-0.05, 0) is 49.2 Å². The summed E-state index contributed by atoms with van der Waals surface area (Å²) in [5.74, 6) is 1.94. The van der Waals surface area contributed by atoms with Crippen LogP contribution in [-0.2, 0) is 23.6 Å². The van der Waals surface area contributed by atoms with E-state index in [1.165, 1.54) is 4.31 Å². The van der Waals surface area contributed by atoms with Crippen molar-refractivity contribution in [2.24, 2.45) is 7.05 Å². The van der Waals surface area contributed by atoms with Gasteiger partial charge in [-0.1, -0.05) is 19.1 Å². The van der Waals surface area contributed by atoms with Gasteiger partial charge in [-0.3, -0.25) is 4.79 Å². The molecule has 12 heteroatoms. The van der Waals surface area contributed by atoms with Crippen molar-refractivity contribution in [3.63, 3.8) is 0 Å². The molecule has 0 saturated carbocycles. The molecule has 2 aromatic carbocycles. The lowest BCUT2D eigenvalue weighted by atomic mass is 9.99. The van der Waals surface area contributed by atoms with Crippen molar-refractivity contribution >= 4 is 21.6 Å². The largest absolute Gasteiger partial charge is 0.493 e. The number of methoxy groups -OCH3 is 2. The third-order valence-corrected chi connectivity index (χ3v) is 10.8. The van der Waals surface area contributed by atoms with Crippen LogP contribution in [0, 0.1) is 6.92 Å². The molecule has 2 aliphatic rings. The van der Waals surface area contributed by atoms with E-state index in [4.69, 9.17) is 9.47 Å². The molecule has 2 aliphatic heterocycles. The Morgan fingerprint density at radius 2 is 1.80 bits per heavy atom. The number of rotatable bonds is 12. The van der Waals surface area contributed by atoms with Gasteiger partial charge in [0.1, 0.15) is 0 Å². The Morgan fingerprint density at radius 3 is 2.43 bits per heavy atom. The Bertz CT molecular complexity index is 1580. The predicted octanol–water partition coefficient (Wildman–Crippen LogP) is 3.10. The Hall–Kier alpha value is -3.61.